The molecule has 0 N–H and O–H groups in total. The Kier molecular flexibility index (Phi) is 4.79. The van der Waals surface area contributed by atoms with Crippen molar-refractivity contribution in [1.29, 1.82) is 0 Å². The zero-order chi connectivity index (χ0) is 15.5. The van der Waals surface area contributed by atoms with Gasteiger partial charge in [-0.2, -0.15) is 5.10 Å². The first kappa shape index (κ1) is 15.7. The molecule has 0 amide bonds. The lowest BCUT2D eigenvalue weighted by Crippen LogP contribution is -2.22. The van der Waals surface area contributed by atoms with Crippen LogP contribution in [0.2, 0.25) is 25.7 Å². The minimum atomic E-state index is -1.08. The summed E-state index contributed by atoms with van der Waals surface area (Å²) in [4.78, 5) is 11.6. The second kappa shape index (κ2) is 6.40. The fourth-order valence-electron chi connectivity index (χ4n) is 1.95. The van der Waals surface area contributed by atoms with Crippen LogP contribution in [-0.4, -0.2) is 37.5 Å². The highest BCUT2D eigenvalue weighted by atomic mass is 28.3. The molecule has 0 saturated carbocycles. The monoisotopic (exact) mass is 306 g/mol. The highest BCUT2D eigenvalue weighted by Gasteiger charge is 2.13. The molecule has 1 heterocycles. The van der Waals surface area contributed by atoms with Gasteiger partial charge < -0.3 is 9.47 Å². The molecular formula is C15H22N2O3Si. The highest BCUT2D eigenvalue weighted by molar-refractivity contribution is 6.76. The number of rotatable bonds is 6. The van der Waals surface area contributed by atoms with Crippen molar-refractivity contribution in [2.75, 3.05) is 13.7 Å². The number of ether oxygens (including phenoxy) is 2. The van der Waals surface area contributed by atoms with E-state index in [1.165, 1.54) is 7.11 Å². The molecular weight excluding hydrogens is 284 g/mol. The Morgan fingerprint density at radius 1 is 1.33 bits per heavy atom. The Bertz CT molecular complexity index is 631. The first-order valence-corrected chi connectivity index (χ1v) is 10.7. The van der Waals surface area contributed by atoms with E-state index in [1.807, 2.05) is 6.07 Å². The summed E-state index contributed by atoms with van der Waals surface area (Å²) in [5, 5.41) is 5.29. The topological polar surface area (TPSA) is 53.3 Å². The Morgan fingerprint density at radius 3 is 2.76 bits per heavy atom. The molecule has 5 nitrogen and oxygen atoms in total. The van der Waals surface area contributed by atoms with Crippen molar-refractivity contribution in [2.24, 2.45) is 0 Å². The number of hydrogen-bond donors (Lipinski definition) is 0. The van der Waals surface area contributed by atoms with Gasteiger partial charge in [0.15, 0.2) is 0 Å². The maximum absolute atomic E-state index is 11.6. The zero-order valence-corrected chi connectivity index (χ0v) is 14.0. The van der Waals surface area contributed by atoms with Gasteiger partial charge in [-0.05, 0) is 18.2 Å². The molecule has 0 radical (unpaired) electrons. The largest absolute Gasteiger partial charge is 0.465 e. The second-order valence-corrected chi connectivity index (χ2v) is 11.9. The number of carbonyl (C=O) groups is 1. The summed E-state index contributed by atoms with van der Waals surface area (Å²) in [5.74, 6) is -0.343. The fourth-order valence-corrected chi connectivity index (χ4v) is 2.70. The van der Waals surface area contributed by atoms with Crippen molar-refractivity contribution in [2.45, 2.75) is 32.4 Å². The molecule has 0 atom stereocenters. The summed E-state index contributed by atoms with van der Waals surface area (Å²) in [6.07, 6.45) is 1.78. The van der Waals surface area contributed by atoms with Crippen molar-refractivity contribution in [3.8, 4) is 0 Å². The van der Waals surface area contributed by atoms with Crippen LogP contribution in [0.4, 0.5) is 0 Å². The zero-order valence-electron chi connectivity index (χ0n) is 13.0. The van der Waals surface area contributed by atoms with E-state index in [2.05, 4.69) is 24.7 Å². The van der Waals surface area contributed by atoms with Gasteiger partial charge in [-0.3, -0.25) is 0 Å². The molecule has 0 fully saturated rings. The summed E-state index contributed by atoms with van der Waals surface area (Å²) in [5.41, 5.74) is 1.40. The van der Waals surface area contributed by atoms with E-state index in [4.69, 9.17) is 9.47 Å². The van der Waals surface area contributed by atoms with Gasteiger partial charge in [0.2, 0.25) is 0 Å². The lowest BCUT2D eigenvalue weighted by atomic mass is 10.2. The summed E-state index contributed by atoms with van der Waals surface area (Å²) in [7, 11) is 0.301. The smallest absolute Gasteiger partial charge is 0.337 e. The van der Waals surface area contributed by atoms with Gasteiger partial charge in [-0.1, -0.05) is 25.7 Å². The minimum absolute atomic E-state index is 0.343. The molecule has 21 heavy (non-hydrogen) atoms. The van der Waals surface area contributed by atoms with Gasteiger partial charge in [0.1, 0.15) is 6.73 Å². The van der Waals surface area contributed by atoms with Gasteiger partial charge in [0.25, 0.3) is 0 Å². The van der Waals surface area contributed by atoms with E-state index in [0.717, 1.165) is 23.6 Å². The van der Waals surface area contributed by atoms with Crippen LogP contribution in [0.5, 0.6) is 0 Å². The van der Waals surface area contributed by atoms with Crippen LogP contribution in [0.25, 0.3) is 10.9 Å². The van der Waals surface area contributed by atoms with Gasteiger partial charge in [-0.15, -0.1) is 0 Å². The molecule has 0 saturated heterocycles. The highest BCUT2D eigenvalue weighted by Crippen LogP contribution is 2.17. The third-order valence-electron chi connectivity index (χ3n) is 3.28. The average Bonchev–Trinajstić information content (AvgIpc) is 2.84. The molecule has 0 aliphatic heterocycles. The van der Waals surface area contributed by atoms with Gasteiger partial charge in [0.05, 0.1) is 24.4 Å². The van der Waals surface area contributed by atoms with Crippen LogP contribution < -0.4 is 0 Å². The summed E-state index contributed by atoms with van der Waals surface area (Å²) in [6.45, 7) is 8.11. The van der Waals surface area contributed by atoms with E-state index in [0.29, 0.717) is 12.3 Å². The second-order valence-electron chi connectivity index (χ2n) is 6.26. The summed E-state index contributed by atoms with van der Waals surface area (Å²) in [6, 6.07) is 6.52. The van der Waals surface area contributed by atoms with Crippen LogP contribution in [-0.2, 0) is 16.2 Å². The quantitative estimate of drug-likeness (QED) is 0.467. The molecule has 0 bridgehead atoms. The molecule has 6 heteroatoms. The average molecular weight is 306 g/mol. The van der Waals surface area contributed by atoms with Gasteiger partial charge >= 0.3 is 5.97 Å². The molecule has 2 rings (SSSR count). The predicted octanol–water partition coefficient (Wildman–Crippen LogP) is 3.14. The molecule has 0 aliphatic carbocycles. The number of fused-ring (bicyclic) bond motifs is 1. The third kappa shape index (κ3) is 4.15. The molecule has 1 aromatic carbocycles. The maximum atomic E-state index is 11.6. The number of aromatic nitrogens is 2. The van der Waals surface area contributed by atoms with Crippen molar-refractivity contribution < 1.29 is 14.3 Å². The Morgan fingerprint density at radius 2 is 2.10 bits per heavy atom. The van der Waals surface area contributed by atoms with Crippen LogP contribution >= 0.6 is 0 Å². The number of carbonyl (C=O) groups excluding carboxylic acids is 1. The van der Waals surface area contributed by atoms with Crippen molar-refractivity contribution in [3.05, 3.63) is 30.0 Å². The Hall–Kier alpha value is -1.66. The molecule has 114 valence electrons. The molecule has 0 spiro atoms. The van der Waals surface area contributed by atoms with E-state index >= 15 is 0 Å². The van der Waals surface area contributed by atoms with Gasteiger partial charge in [-0.25, -0.2) is 9.48 Å². The number of esters is 1. The first-order valence-electron chi connectivity index (χ1n) is 7.02. The minimum Gasteiger partial charge on any atom is -0.465 e. The van der Waals surface area contributed by atoms with E-state index in [1.54, 1.807) is 23.0 Å². The van der Waals surface area contributed by atoms with Crippen molar-refractivity contribution in [1.82, 2.24) is 9.78 Å². The summed E-state index contributed by atoms with van der Waals surface area (Å²) < 4.78 is 12.2. The number of methoxy groups -OCH3 is 1. The lowest BCUT2D eigenvalue weighted by Gasteiger charge is -2.15. The van der Waals surface area contributed by atoms with E-state index in [9.17, 15) is 4.79 Å². The molecule has 0 aliphatic rings. The number of nitrogens with zero attached hydrogens (tertiary/aromatic N) is 2. The molecule has 2 aromatic rings. The van der Waals surface area contributed by atoms with Gasteiger partial charge in [0, 0.05) is 20.1 Å². The fraction of sp³-hybridized carbons (Fsp3) is 0.467. The Balaban J connectivity index is 2.08. The first-order chi connectivity index (χ1) is 9.90. The van der Waals surface area contributed by atoms with Crippen molar-refractivity contribution in [3.63, 3.8) is 0 Å². The molecule has 0 unspecified atom stereocenters. The van der Waals surface area contributed by atoms with Crippen LogP contribution in [0.1, 0.15) is 10.4 Å². The van der Waals surface area contributed by atoms with Crippen LogP contribution in [0.15, 0.2) is 24.4 Å². The van der Waals surface area contributed by atoms with Crippen LogP contribution in [0, 0.1) is 0 Å². The number of benzene rings is 1. The standard InChI is InChI=1S/C15H22N2O3Si/c1-19-15(18)12-5-6-13-10-16-17(14(13)9-12)11-20-7-8-21(2,3)4/h5-6,9-10H,7-8,11H2,1-4H3. The van der Waals surface area contributed by atoms with E-state index in [-0.39, 0.29) is 5.97 Å². The predicted molar refractivity (Wildman–Crippen MR) is 85.2 cm³/mol. The Labute approximate surface area is 125 Å². The summed E-state index contributed by atoms with van der Waals surface area (Å²) >= 11 is 0. The van der Waals surface area contributed by atoms with E-state index < -0.39 is 8.07 Å². The molecule has 1 aromatic heterocycles. The normalized spacial score (nSPS) is 11.8. The number of hydrogen-bond acceptors (Lipinski definition) is 4. The third-order valence-corrected chi connectivity index (χ3v) is 4.98. The maximum Gasteiger partial charge on any atom is 0.337 e. The van der Waals surface area contributed by atoms with Crippen molar-refractivity contribution >= 4 is 24.9 Å². The SMILES string of the molecule is COC(=O)c1ccc2cnn(COCC[Si](C)(C)C)c2c1. The lowest BCUT2D eigenvalue weighted by molar-refractivity contribution is 0.0600. The van der Waals surface area contributed by atoms with Crippen LogP contribution in [0.3, 0.4) is 0 Å².